The van der Waals surface area contributed by atoms with Crippen LogP contribution in [-0.2, 0) is 17.6 Å². The SMILES string of the molecule is O=C(Cc1ccccc1O)N1CCC[C@H](CCc2ccc(F)cc2F)C1. The van der Waals surface area contributed by atoms with Crippen molar-refractivity contribution in [1.29, 1.82) is 0 Å². The van der Waals surface area contributed by atoms with Crippen molar-refractivity contribution in [3.8, 4) is 5.75 Å². The Morgan fingerprint density at radius 2 is 1.96 bits per heavy atom. The number of rotatable bonds is 5. The van der Waals surface area contributed by atoms with Crippen LogP contribution in [0, 0.1) is 17.6 Å². The monoisotopic (exact) mass is 359 g/mol. The Balaban J connectivity index is 1.55. The largest absolute Gasteiger partial charge is 0.508 e. The summed E-state index contributed by atoms with van der Waals surface area (Å²) in [5.74, 6) is -0.620. The minimum atomic E-state index is -0.565. The number of carbonyl (C=O) groups excluding carboxylic acids is 1. The van der Waals surface area contributed by atoms with Gasteiger partial charge in [0.15, 0.2) is 0 Å². The van der Waals surface area contributed by atoms with Crippen LogP contribution in [0.25, 0.3) is 0 Å². The predicted octanol–water partition coefficient (Wildman–Crippen LogP) is 4.08. The average Bonchev–Trinajstić information content (AvgIpc) is 2.63. The molecule has 1 aliphatic heterocycles. The van der Waals surface area contributed by atoms with E-state index < -0.39 is 11.6 Å². The summed E-state index contributed by atoms with van der Waals surface area (Å²) in [4.78, 5) is 14.4. The lowest BCUT2D eigenvalue weighted by Gasteiger charge is -2.33. The van der Waals surface area contributed by atoms with Crippen molar-refractivity contribution in [2.75, 3.05) is 13.1 Å². The minimum absolute atomic E-state index is 0.00385. The summed E-state index contributed by atoms with van der Waals surface area (Å²) in [6, 6.07) is 10.6. The van der Waals surface area contributed by atoms with E-state index in [4.69, 9.17) is 0 Å². The van der Waals surface area contributed by atoms with Gasteiger partial charge in [-0.05, 0) is 49.3 Å². The molecule has 1 fully saturated rings. The molecule has 0 saturated carbocycles. The number of aromatic hydroxyl groups is 1. The first-order valence-corrected chi connectivity index (χ1v) is 9.01. The Labute approximate surface area is 152 Å². The van der Waals surface area contributed by atoms with Crippen molar-refractivity contribution >= 4 is 5.91 Å². The van der Waals surface area contributed by atoms with Crippen LogP contribution >= 0.6 is 0 Å². The number of phenolic OH excluding ortho intramolecular Hbond substituents is 1. The van der Waals surface area contributed by atoms with Gasteiger partial charge in [0, 0.05) is 24.7 Å². The summed E-state index contributed by atoms with van der Waals surface area (Å²) in [5.41, 5.74) is 1.15. The first-order valence-electron chi connectivity index (χ1n) is 9.01. The quantitative estimate of drug-likeness (QED) is 0.874. The van der Waals surface area contributed by atoms with Crippen molar-refractivity contribution in [1.82, 2.24) is 4.90 Å². The average molecular weight is 359 g/mol. The van der Waals surface area contributed by atoms with E-state index in [9.17, 15) is 18.7 Å². The molecule has 1 aliphatic rings. The first-order chi connectivity index (χ1) is 12.5. The summed E-state index contributed by atoms with van der Waals surface area (Å²) in [7, 11) is 0. The molecule has 1 heterocycles. The molecule has 3 nitrogen and oxygen atoms in total. The highest BCUT2D eigenvalue weighted by Gasteiger charge is 2.24. The summed E-state index contributed by atoms with van der Waals surface area (Å²) < 4.78 is 26.7. The van der Waals surface area contributed by atoms with E-state index in [1.165, 1.54) is 12.1 Å². The van der Waals surface area contributed by atoms with Crippen LogP contribution in [-0.4, -0.2) is 29.0 Å². The molecule has 0 radical (unpaired) electrons. The van der Waals surface area contributed by atoms with E-state index in [1.807, 2.05) is 4.90 Å². The maximum absolute atomic E-state index is 13.8. The van der Waals surface area contributed by atoms with E-state index in [0.717, 1.165) is 25.3 Å². The number of hydrogen-bond donors (Lipinski definition) is 1. The maximum atomic E-state index is 13.8. The zero-order chi connectivity index (χ0) is 18.5. The Morgan fingerprint density at radius 1 is 1.15 bits per heavy atom. The molecule has 26 heavy (non-hydrogen) atoms. The van der Waals surface area contributed by atoms with Crippen LogP contribution in [0.4, 0.5) is 8.78 Å². The molecule has 138 valence electrons. The number of para-hydroxylation sites is 1. The number of hydrogen-bond acceptors (Lipinski definition) is 2. The normalized spacial score (nSPS) is 17.3. The van der Waals surface area contributed by atoms with Crippen LogP contribution in [0.15, 0.2) is 42.5 Å². The lowest BCUT2D eigenvalue weighted by atomic mass is 9.91. The van der Waals surface area contributed by atoms with Crippen LogP contribution < -0.4 is 0 Å². The van der Waals surface area contributed by atoms with E-state index in [1.54, 1.807) is 24.3 Å². The molecule has 1 atom stereocenters. The number of aryl methyl sites for hydroxylation is 1. The van der Waals surface area contributed by atoms with Crippen molar-refractivity contribution < 1.29 is 18.7 Å². The van der Waals surface area contributed by atoms with E-state index >= 15 is 0 Å². The molecular formula is C21H23F2NO2. The second-order valence-corrected chi connectivity index (χ2v) is 6.93. The van der Waals surface area contributed by atoms with Gasteiger partial charge in [-0.15, -0.1) is 0 Å². The van der Waals surface area contributed by atoms with Crippen molar-refractivity contribution in [3.05, 3.63) is 65.2 Å². The molecule has 1 amide bonds. The number of nitrogens with zero attached hydrogens (tertiary/aromatic N) is 1. The van der Waals surface area contributed by atoms with Crippen molar-refractivity contribution in [2.24, 2.45) is 5.92 Å². The molecule has 2 aromatic rings. The standard InChI is InChI=1S/C21H23F2NO2/c22-18-10-9-16(19(23)13-18)8-7-15-4-3-11-24(14-15)21(26)12-17-5-1-2-6-20(17)25/h1-2,5-6,9-10,13,15,25H,3-4,7-8,11-12,14H2/t15-/m1/s1. The van der Waals surface area contributed by atoms with Crippen molar-refractivity contribution in [3.63, 3.8) is 0 Å². The number of likely N-dealkylation sites (tertiary alicyclic amines) is 1. The van der Waals surface area contributed by atoms with E-state index in [0.29, 0.717) is 36.6 Å². The van der Waals surface area contributed by atoms with Gasteiger partial charge in [0.05, 0.1) is 6.42 Å². The highest BCUT2D eigenvalue weighted by Crippen LogP contribution is 2.24. The molecular weight excluding hydrogens is 336 g/mol. The summed E-state index contributed by atoms with van der Waals surface area (Å²) in [6.07, 6.45) is 3.42. The van der Waals surface area contributed by atoms with Gasteiger partial charge in [-0.2, -0.15) is 0 Å². The fraction of sp³-hybridized carbons (Fsp3) is 0.381. The summed E-state index contributed by atoms with van der Waals surface area (Å²) in [5, 5.41) is 9.83. The fourth-order valence-corrected chi connectivity index (χ4v) is 3.55. The topological polar surface area (TPSA) is 40.5 Å². The summed E-state index contributed by atoms with van der Waals surface area (Å²) >= 11 is 0. The molecule has 0 aromatic heterocycles. The lowest BCUT2D eigenvalue weighted by Crippen LogP contribution is -2.40. The van der Waals surface area contributed by atoms with Gasteiger partial charge in [-0.1, -0.05) is 24.3 Å². The molecule has 5 heteroatoms. The van der Waals surface area contributed by atoms with E-state index in [2.05, 4.69) is 0 Å². The zero-order valence-electron chi connectivity index (χ0n) is 14.6. The molecule has 0 aliphatic carbocycles. The minimum Gasteiger partial charge on any atom is -0.508 e. The van der Waals surface area contributed by atoms with Crippen molar-refractivity contribution in [2.45, 2.75) is 32.1 Å². The highest BCUT2D eigenvalue weighted by molar-refractivity contribution is 5.79. The number of benzene rings is 2. The lowest BCUT2D eigenvalue weighted by molar-refractivity contribution is -0.132. The van der Waals surface area contributed by atoms with Gasteiger partial charge in [0.25, 0.3) is 0 Å². The number of amides is 1. The number of piperidine rings is 1. The van der Waals surface area contributed by atoms with E-state index in [-0.39, 0.29) is 18.1 Å². The smallest absolute Gasteiger partial charge is 0.227 e. The third kappa shape index (κ3) is 4.59. The molecule has 1 saturated heterocycles. The first kappa shape index (κ1) is 18.4. The van der Waals surface area contributed by atoms with Gasteiger partial charge in [0.2, 0.25) is 5.91 Å². The fourth-order valence-electron chi connectivity index (χ4n) is 3.55. The number of phenols is 1. The molecule has 0 bridgehead atoms. The third-order valence-corrected chi connectivity index (χ3v) is 5.04. The Bertz CT molecular complexity index is 778. The predicted molar refractivity (Wildman–Crippen MR) is 95.8 cm³/mol. The Kier molecular flexibility index (Phi) is 5.86. The van der Waals surface area contributed by atoms with Gasteiger partial charge in [0.1, 0.15) is 17.4 Å². The zero-order valence-corrected chi connectivity index (χ0v) is 14.6. The van der Waals surface area contributed by atoms with Crippen LogP contribution in [0.3, 0.4) is 0 Å². The van der Waals surface area contributed by atoms with Gasteiger partial charge in [-0.3, -0.25) is 4.79 Å². The second-order valence-electron chi connectivity index (χ2n) is 6.93. The Morgan fingerprint density at radius 3 is 2.73 bits per heavy atom. The van der Waals surface area contributed by atoms with Gasteiger partial charge < -0.3 is 10.0 Å². The molecule has 2 aromatic carbocycles. The van der Waals surface area contributed by atoms with Crippen LogP contribution in [0.5, 0.6) is 5.75 Å². The third-order valence-electron chi connectivity index (χ3n) is 5.04. The molecule has 0 spiro atoms. The Hall–Kier alpha value is -2.43. The maximum Gasteiger partial charge on any atom is 0.227 e. The number of halogens is 2. The molecule has 3 rings (SSSR count). The summed E-state index contributed by atoms with van der Waals surface area (Å²) in [6.45, 7) is 1.36. The van der Waals surface area contributed by atoms with Gasteiger partial charge >= 0.3 is 0 Å². The van der Waals surface area contributed by atoms with Crippen LogP contribution in [0.1, 0.15) is 30.4 Å². The highest BCUT2D eigenvalue weighted by atomic mass is 19.1. The van der Waals surface area contributed by atoms with Gasteiger partial charge in [-0.25, -0.2) is 8.78 Å². The second kappa shape index (κ2) is 8.30. The van der Waals surface area contributed by atoms with Crippen LogP contribution in [0.2, 0.25) is 0 Å². The number of carbonyl (C=O) groups is 1. The molecule has 0 unspecified atom stereocenters. The molecule has 1 N–H and O–H groups in total.